The second kappa shape index (κ2) is 6.63. The molecule has 1 atom stereocenters. The van der Waals surface area contributed by atoms with E-state index in [-0.39, 0.29) is 17.7 Å². The Balaban J connectivity index is 1.49. The number of amides is 2. The fourth-order valence-corrected chi connectivity index (χ4v) is 3.89. The molecule has 21 heavy (non-hydrogen) atoms. The highest BCUT2D eigenvalue weighted by molar-refractivity contribution is 5.89. The first-order valence-corrected chi connectivity index (χ1v) is 8.49. The second-order valence-corrected chi connectivity index (χ2v) is 6.71. The summed E-state index contributed by atoms with van der Waals surface area (Å²) < 4.78 is 0. The zero-order valence-corrected chi connectivity index (χ0v) is 12.8. The highest BCUT2D eigenvalue weighted by atomic mass is 16.2. The van der Waals surface area contributed by atoms with Gasteiger partial charge >= 0.3 is 0 Å². The van der Waals surface area contributed by atoms with Gasteiger partial charge in [0.1, 0.15) is 0 Å². The number of hydrogen-bond acceptors (Lipinski definition) is 2. The summed E-state index contributed by atoms with van der Waals surface area (Å²) in [4.78, 5) is 26.4. The van der Waals surface area contributed by atoms with Gasteiger partial charge in [0.2, 0.25) is 11.8 Å². The number of nitrogens with one attached hydrogen (secondary N) is 1. The molecule has 0 spiro atoms. The van der Waals surface area contributed by atoms with Crippen LogP contribution in [-0.2, 0) is 9.59 Å². The molecule has 3 aliphatic rings. The third-order valence-electron chi connectivity index (χ3n) is 5.17. The van der Waals surface area contributed by atoms with Crippen LogP contribution in [0.4, 0.5) is 0 Å². The molecule has 0 unspecified atom stereocenters. The first kappa shape index (κ1) is 14.6. The minimum atomic E-state index is -0.137. The van der Waals surface area contributed by atoms with Crippen molar-refractivity contribution >= 4 is 11.8 Å². The minimum absolute atomic E-state index is 0.0651. The molecule has 0 aromatic rings. The number of hydrogen-bond donors (Lipinski definition) is 1. The quantitative estimate of drug-likeness (QED) is 0.808. The molecule has 2 amide bonds. The standard InChI is InChI=1S/C17H26N2O2/c20-16-10-14(12-19(16)15-8-4-5-9-15)17(21)18-11-13-6-2-1-3-7-13/h6,14-15H,1-5,7-12H2,(H,18,21)/t14-/m1/s1. The molecule has 4 heteroatoms. The Morgan fingerprint density at radius 3 is 2.76 bits per heavy atom. The highest BCUT2D eigenvalue weighted by Gasteiger charge is 2.38. The summed E-state index contributed by atoms with van der Waals surface area (Å²) in [7, 11) is 0. The molecule has 0 radical (unpaired) electrons. The predicted octanol–water partition coefficient (Wildman–Crippen LogP) is 2.39. The Labute approximate surface area is 127 Å². The molecule has 1 N–H and O–H groups in total. The summed E-state index contributed by atoms with van der Waals surface area (Å²) in [5, 5.41) is 3.04. The Bertz CT molecular complexity index is 438. The van der Waals surface area contributed by atoms with Gasteiger partial charge in [0.25, 0.3) is 0 Å². The van der Waals surface area contributed by atoms with Crippen molar-refractivity contribution in [2.45, 2.75) is 63.8 Å². The molecular formula is C17H26N2O2. The van der Waals surface area contributed by atoms with Crippen molar-refractivity contribution in [3.8, 4) is 0 Å². The molecule has 116 valence electrons. The Morgan fingerprint density at radius 2 is 2.05 bits per heavy atom. The lowest BCUT2D eigenvalue weighted by atomic mass is 9.99. The van der Waals surface area contributed by atoms with Crippen molar-refractivity contribution in [2.24, 2.45) is 5.92 Å². The van der Waals surface area contributed by atoms with Crippen LogP contribution >= 0.6 is 0 Å². The van der Waals surface area contributed by atoms with Crippen LogP contribution in [0.15, 0.2) is 11.6 Å². The molecule has 0 aromatic carbocycles. The van der Waals surface area contributed by atoms with E-state index in [1.54, 1.807) is 0 Å². The lowest BCUT2D eigenvalue weighted by Gasteiger charge is -2.24. The maximum Gasteiger partial charge on any atom is 0.225 e. The molecule has 1 saturated carbocycles. The maximum absolute atomic E-state index is 12.3. The average molecular weight is 290 g/mol. The lowest BCUT2D eigenvalue weighted by Crippen LogP contribution is -2.37. The highest BCUT2D eigenvalue weighted by Crippen LogP contribution is 2.29. The van der Waals surface area contributed by atoms with Crippen LogP contribution in [0.2, 0.25) is 0 Å². The van der Waals surface area contributed by atoms with Crippen LogP contribution in [0.5, 0.6) is 0 Å². The number of likely N-dealkylation sites (tertiary alicyclic amines) is 1. The van der Waals surface area contributed by atoms with E-state index in [1.165, 1.54) is 31.3 Å². The van der Waals surface area contributed by atoms with Crippen LogP contribution in [-0.4, -0.2) is 35.8 Å². The molecule has 1 aliphatic heterocycles. The molecular weight excluding hydrogens is 264 g/mol. The van der Waals surface area contributed by atoms with Gasteiger partial charge < -0.3 is 10.2 Å². The van der Waals surface area contributed by atoms with E-state index in [0.717, 1.165) is 25.7 Å². The van der Waals surface area contributed by atoms with Crippen molar-refractivity contribution < 1.29 is 9.59 Å². The number of carbonyl (C=O) groups excluding carboxylic acids is 2. The summed E-state index contributed by atoms with van der Waals surface area (Å²) in [6.45, 7) is 1.31. The summed E-state index contributed by atoms with van der Waals surface area (Å²) >= 11 is 0. The average Bonchev–Trinajstić information content (AvgIpc) is 3.15. The Morgan fingerprint density at radius 1 is 1.24 bits per heavy atom. The van der Waals surface area contributed by atoms with Gasteiger partial charge in [-0.05, 0) is 38.5 Å². The predicted molar refractivity (Wildman–Crippen MR) is 81.6 cm³/mol. The van der Waals surface area contributed by atoms with Gasteiger partial charge in [0, 0.05) is 25.6 Å². The van der Waals surface area contributed by atoms with E-state index in [9.17, 15) is 9.59 Å². The first-order valence-electron chi connectivity index (χ1n) is 8.49. The van der Waals surface area contributed by atoms with Gasteiger partial charge in [-0.15, -0.1) is 0 Å². The monoisotopic (exact) mass is 290 g/mol. The van der Waals surface area contributed by atoms with Gasteiger partial charge in [-0.3, -0.25) is 9.59 Å². The maximum atomic E-state index is 12.3. The van der Waals surface area contributed by atoms with Gasteiger partial charge in [-0.2, -0.15) is 0 Å². The molecule has 4 nitrogen and oxygen atoms in total. The Hall–Kier alpha value is -1.32. The smallest absolute Gasteiger partial charge is 0.225 e. The topological polar surface area (TPSA) is 49.4 Å². The van der Waals surface area contributed by atoms with Crippen molar-refractivity contribution in [2.75, 3.05) is 13.1 Å². The fraction of sp³-hybridized carbons (Fsp3) is 0.765. The second-order valence-electron chi connectivity index (χ2n) is 6.71. The number of nitrogens with zero attached hydrogens (tertiary/aromatic N) is 1. The largest absolute Gasteiger partial charge is 0.352 e. The van der Waals surface area contributed by atoms with Gasteiger partial charge in [0.15, 0.2) is 0 Å². The molecule has 2 aliphatic carbocycles. The molecule has 1 heterocycles. The van der Waals surface area contributed by atoms with E-state index in [4.69, 9.17) is 0 Å². The summed E-state index contributed by atoms with van der Waals surface area (Å²) in [5.41, 5.74) is 1.35. The van der Waals surface area contributed by atoms with Gasteiger partial charge in [-0.1, -0.05) is 24.5 Å². The van der Waals surface area contributed by atoms with E-state index >= 15 is 0 Å². The zero-order valence-electron chi connectivity index (χ0n) is 12.8. The Kier molecular flexibility index (Phi) is 4.61. The van der Waals surface area contributed by atoms with Crippen LogP contribution < -0.4 is 5.32 Å². The van der Waals surface area contributed by atoms with Gasteiger partial charge in [0.05, 0.1) is 5.92 Å². The van der Waals surface area contributed by atoms with Crippen molar-refractivity contribution in [1.29, 1.82) is 0 Å². The fourth-order valence-electron chi connectivity index (χ4n) is 3.89. The SMILES string of the molecule is O=C(NCC1=CCCCC1)[C@@H]1CC(=O)N(C2CCCC2)C1. The van der Waals surface area contributed by atoms with Crippen LogP contribution in [0.25, 0.3) is 0 Å². The van der Waals surface area contributed by atoms with Crippen molar-refractivity contribution in [3.63, 3.8) is 0 Å². The van der Waals surface area contributed by atoms with E-state index < -0.39 is 0 Å². The van der Waals surface area contributed by atoms with Crippen molar-refractivity contribution in [3.05, 3.63) is 11.6 Å². The van der Waals surface area contributed by atoms with Crippen LogP contribution in [0, 0.1) is 5.92 Å². The number of carbonyl (C=O) groups is 2. The lowest BCUT2D eigenvalue weighted by molar-refractivity contribution is -0.130. The summed E-state index contributed by atoms with van der Waals surface area (Å²) in [5.74, 6) is 0.108. The van der Waals surface area contributed by atoms with Gasteiger partial charge in [-0.25, -0.2) is 0 Å². The summed E-state index contributed by atoms with van der Waals surface area (Å²) in [6, 6.07) is 0.399. The molecule has 0 aromatic heterocycles. The molecule has 0 bridgehead atoms. The third-order valence-corrected chi connectivity index (χ3v) is 5.17. The summed E-state index contributed by atoms with van der Waals surface area (Å²) in [6.07, 6.45) is 12.1. The van der Waals surface area contributed by atoms with E-state index in [0.29, 0.717) is 25.6 Å². The van der Waals surface area contributed by atoms with E-state index in [1.807, 2.05) is 4.90 Å². The van der Waals surface area contributed by atoms with Crippen LogP contribution in [0.3, 0.4) is 0 Å². The minimum Gasteiger partial charge on any atom is -0.352 e. The molecule has 3 rings (SSSR count). The third kappa shape index (κ3) is 3.47. The van der Waals surface area contributed by atoms with Crippen LogP contribution in [0.1, 0.15) is 57.8 Å². The normalized spacial score (nSPS) is 27.0. The van der Waals surface area contributed by atoms with E-state index in [2.05, 4.69) is 11.4 Å². The molecule has 1 saturated heterocycles. The first-order chi connectivity index (χ1) is 10.2. The number of rotatable bonds is 4. The molecule has 2 fully saturated rings. The van der Waals surface area contributed by atoms with Crippen molar-refractivity contribution in [1.82, 2.24) is 10.2 Å². The number of allylic oxidation sites excluding steroid dienone is 1. The zero-order chi connectivity index (χ0) is 14.7.